The molecule has 0 aromatic carbocycles. The van der Waals surface area contributed by atoms with Crippen molar-refractivity contribution in [1.29, 1.82) is 0 Å². The zero-order chi connectivity index (χ0) is 58.5. The summed E-state index contributed by atoms with van der Waals surface area (Å²) in [6.45, 7) is 6.48. The van der Waals surface area contributed by atoms with Gasteiger partial charge in [-0.2, -0.15) is 0 Å². The number of esters is 3. The molecular formula is C75H126O6. The summed E-state index contributed by atoms with van der Waals surface area (Å²) >= 11 is 0. The third-order valence-corrected chi connectivity index (χ3v) is 14.5. The molecule has 6 nitrogen and oxygen atoms in total. The lowest BCUT2D eigenvalue weighted by atomic mass is 10.0. The van der Waals surface area contributed by atoms with Crippen LogP contribution in [0.5, 0.6) is 0 Å². The first-order valence-corrected chi connectivity index (χ1v) is 34.0. The second-order valence-corrected chi connectivity index (χ2v) is 22.4. The van der Waals surface area contributed by atoms with E-state index in [1.54, 1.807) is 0 Å². The Labute approximate surface area is 501 Å². The molecule has 1 unspecified atom stereocenters. The molecular weight excluding hydrogens is 997 g/mol. The fraction of sp³-hybridized carbons (Fsp3) is 0.693. The van der Waals surface area contributed by atoms with Crippen LogP contribution >= 0.6 is 0 Å². The van der Waals surface area contributed by atoms with Crippen molar-refractivity contribution in [1.82, 2.24) is 0 Å². The second kappa shape index (κ2) is 68.3. The maximum Gasteiger partial charge on any atom is 0.306 e. The maximum absolute atomic E-state index is 12.9. The molecule has 0 aliphatic carbocycles. The third-order valence-electron chi connectivity index (χ3n) is 14.5. The molecule has 0 amide bonds. The molecule has 6 heteroatoms. The van der Waals surface area contributed by atoms with Gasteiger partial charge in [0.2, 0.25) is 0 Å². The molecule has 0 aromatic heterocycles. The van der Waals surface area contributed by atoms with Gasteiger partial charge >= 0.3 is 17.9 Å². The van der Waals surface area contributed by atoms with Gasteiger partial charge in [0.05, 0.1) is 0 Å². The summed E-state index contributed by atoms with van der Waals surface area (Å²) in [5.74, 6) is -0.955. The normalized spacial score (nSPS) is 12.9. The van der Waals surface area contributed by atoms with E-state index in [0.29, 0.717) is 19.3 Å². The SMILES string of the molecule is CC/C=C\C/C=C\C/C=C\C/C=C\C/C=C\C/C=C\C/C=C\CCCC(=O)OC(COC(=O)CCCCCCCCCCCCC)COC(=O)CCCCCCCCCCCCCCCC/C=C\C/C=C\C/C=C\CCCCCCC. The number of ether oxygens (including phenoxy) is 3. The average Bonchev–Trinajstić information content (AvgIpc) is 3.47. The largest absolute Gasteiger partial charge is 0.462 e. The highest BCUT2D eigenvalue weighted by Crippen LogP contribution is 2.16. The smallest absolute Gasteiger partial charge is 0.306 e. The Kier molecular flexibility index (Phi) is 64.8. The lowest BCUT2D eigenvalue weighted by molar-refractivity contribution is -0.167. The van der Waals surface area contributed by atoms with Crippen LogP contribution in [0.2, 0.25) is 0 Å². The van der Waals surface area contributed by atoms with Crippen molar-refractivity contribution in [3.63, 3.8) is 0 Å². The van der Waals surface area contributed by atoms with Crippen molar-refractivity contribution < 1.29 is 28.6 Å². The lowest BCUT2D eigenvalue weighted by Crippen LogP contribution is -2.30. The van der Waals surface area contributed by atoms with Crippen molar-refractivity contribution >= 4 is 17.9 Å². The first-order valence-electron chi connectivity index (χ1n) is 34.0. The quantitative estimate of drug-likeness (QED) is 0.0261. The van der Waals surface area contributed by atoms with Crippen LogP contribution in [-0.2, 0) is 28.6 Å². The summed E-state index contributed by atoms with van der Waals surface area (Å²) in [6.07, 6.45) is 95.1. The summed E-state index contributed by atoms with van der Waals surface area (Å²) in [7, 11) is 0. The first-order chi connectivity index (χ1) is 40.0. The van der Waals surface area contributed by atoms with Crippen molar-refractivity contribution in [3.8, 4) is 0 Å². The number of hydrogen-bond acceptors (Lipinski definition) is 6. The number of rotatable bonds is 61. The molecule has 0 fully saturated rings. The van der Waals surface area contributed by atoms with Gasteiger partial charge in [-0.05, 0) is 109 Å². The minimum Gasteiger partial charge on any atom is -0.462 e. The van der Waals surface area contributed by atoms with E-state index in [1.807, 2.05) is 0 Å². The van der Waals surface area contributed by atoms with Crippen LogP contribution in [0.15, 0.2) is 122 Å². The minimum absolute atomic E-state index is 0.101. The zero-order valence-corrected chi connectivity index (χ0v) is 53.0. The fourth-order valence-corrected chi connectivity index (χ4v) is 9.38. The Morgan fingerprint density at radius 2 is 0.494 bits per heavy atom. The standard InChI is InChI=1S/C75H126O6/c1-4-7-10-13-16-19-22-24-26-28-30-32-34-35-36-37-38-39-41-42-44-46-48-50-53-56-59-62-65-68-74(77)80-71-72(70-79-73(76)67-64-61-58-55-52-21-18-15-12-9-6-3)81-75(78)69-66-63-60-57-54-51-49-47-45-43-40-33-31-29-27-25-23-20-17-14-11-8-5-2/h8,11,17,20,22,24-25,27-28,30-31,33-35,43,45,49,51,57,60,72H,4-7,9-10,12-16,18-19,21,23,26,29,32,36-42,44,46-48,50,52-56,58-59,61-71H2,1-3H3/b11-8-,20-17-,24-22-,27-25-,30-28-,33-31-,35-34-,45-43-,51-49-,60-57-. The molecule has 0 bridgehead atoms. The molecule has 0 heterocycles. The molecule has 1 atom stereocenters. The number of hydrogen-bond donors (Lipinski definition) is 0. The second-order valence-electron chi connectivity index (χ2n) is 22.4. The monoisotopic (exact) mass is 1120 g/mol. The average molecular weight is 1120 g/mol. The Bertz CT molecular complexity index is 1670. The van der Waals surface area contributed by atoms with E-state index in [1.165, 1.54) is 167 Å². The van der Waals surface area contributed by atoms with Gasteiger partial charge in [-0.25, -0.2) is 0 Å². The maximum atomic E-state index is 12.9. The highest BCUT2D eigenvalue weighted by molar-refractivity contribution is 5.71. The number of carbonyl (C=O) groups is 3. The molecule has 0 aliphatic rings. The molecule has 0 radical (unpaired) electrons. The molecule has 462 valence electrons. The fourth-order valence-electron chi connectivity index (χ4n) is 9.38. The number of allylic oxidation sites excluding steroid dienone is 20. The Morgan fingerprint density at radius 3 is 0.790 bits per heavy atom. The summed E-state index contributed by atoms with van der Waals surface area (Å²) in [5.41, 5.74) is 0. The summed E-state index contributed by atoms with van der Waals surface area (Å²) in [4.78, 5) is 38.3. The summed E-state index contributed by atoms with van der Waals surface area (Å²) in [5, 5.41) is 0. The van der Waals surface area contributed by atoms with Crippen molar-refractivity contribution in [2.75, 3.05) is 13.2 Å². The van der Waals surface area contributed by atoms with Crippen molar-refractivity contribution in [3.05, 3.63) is 122 Å². The highest BCUT2D eigenvalue weighted by atomic mass is 16.6. The van der Waals surface area contributed by atoms with E-state index in [9.17, 15) is 14.4 Å². The van der Waals surface area contributed by atoms with Crippen LogP contribution in [0.3, 0.4) is 0 Å². The number of unbranched alkanes of at least 4 members (excludes halogenated alkanes) is 30. The van der Waals surface area contributed by atoms with E-state index >= 15 is 0 Å². The van der Waals surface area contributed by atoms with E-state index in [0.717, 1.165) is 103 Å². The van der Waals surface area contributed by atoms with Gasteiger partial charge in [0.1, 0.15) is 13.2 Å². The molecule has 0 N–H and O–H groups in total. The van der Waals surface area contributed by atoms with Crippen molar-refractivity contribution in [2.24, 2.45) is 0 Å². The molecule has 0 aliphatic heterocycles. The van der Waals surface area contributed by atoms with E-state index in [4.69, 9.17) is 14.2 Å². The van der Waals surface area contributed by atoms with Gasteiger partial charge in [-0.15, -0.1) is 0 Å². The molecule has 0 saturated heterocycles. The minimum atomic E-state index is -0.811. The zero-order valence-electron chi connectivity index (χ0n) is 53.0. The molecule has 0 saturated carbocycles. The van der Waals surface area contributed by atoms with Crippen LogP contribution in [-0.4, -0.2) is 37.2 Å². The number of carbonyl (C=O) groups excluding carboxylic acids is 3. The van der Waals surface area contributed by atoms with E-state index in [2.05, 4.69) is 142 Å². The first kappa shape index (κ1) is 76.8. The molecule has 81 heavy (non-hydrogen) atoms. The van der Waals surface area contributed by atoms with Gasteiger partial charge in [-0.1, -0.05) is 309 Å². The predicted octanol–water partition coefficient (Wildman–Crippen LogP) is 23.6. The molecule has 0 rings (SSSR count). The third kappa shape index (κ3) is 66.5. The predicted molar refractivity (Wildman–Crippen MR) is 353 cm³/mol. The van der Waals surface area contributed by atoms with E-state index < -0.39 is 6.10 Å². The van der Waals surface area contributed by atoms with Gasteiger partial charge in [0.25, 0.3) is 0 Å². The molecule has 0 spiro atoms. The van der Waals surface area contributed by atoms with Gasteiger partial charge in [-0.3, -0.25) is 14.4 Å². The van der Waals surface area contributed by atoms with Crippen LogP contribution in [0, 0.1) is 0 Å². The lowest BCUT2D eigenvalue weighted by Gasteiger charge is -2.18. The Hall–Kier alpha value is -4.19. The topological polar surface area (TPSA) is 78.9 Å². The molecule has 0 aromatic rings. The van der Waals surface area contributed by atoms with Gasteiger partial charge in [0.15, 0.2) is 6.10 Å². The summed E-state index contributed by atoms with van der Waals surface area (Å²) < 4.78 is 16.9. The van der Waals surface area contributed by atoms with Crippen molar-refractivity contribution in [2.45, 2.75) is 322 Å². The van der Waals surface area contributed by atoms with Crippen LogP contribution in [0.4, 0.5) is 0 Å². The summed E-state index contributed by atoms with van der Waals surface area (Å²) in [6, 6.07) is 0. The van der Waals surface area contributed by atoms with E-state index in [-0.39, 0.29) is 37.5 Å². The van der Waals surface area contributed by atoms with Gasteiger partial charge < -0.3 is 14.2 Å². The van der Waals surface area contributed by atoms with Crippen LogP contribution < -0.4 is 0 Å². The Balaban J connectivity index is 4.32. The van der Waals surface area contributed by atoms with Gasteiger partial charge in [0, 0.05) is 19.3 Å². The Morgan fingerprint density at radius 1 is 0.259 bits per heavy atom. The highest BCUT2D eigenvalue weighted by Gasteiger charge is 2.19. The van der Waals surface area contributed by atoms with Crippen LogP contribution in [0.25, 0.3) is 0 Å². The van der Waals surface area contributed by atoms with Crippen LogP contribution in [0.1, 0.15) is 316 Å².